The second-order valence-electron chi connectivity index (χ2n) is 3.37. The lowest BCUT2D eigenvalue weighted by Gasteiger charge is -2.10. The topological polar surface area (TPSA) is 46.5 Å². The summed E-state index contributed by atoms with van der Waals surface area (Å²) in [5, 5.41) is 8.87. The number of hydrogen-bond donors (Lipinski definition) is 1. The number of rotatable bonds is 4. The van der Waals surface area contributed by atoms with E-state index in [1.807, 2.05) is 19.1 Å². The lowest BCUT2D eigenvalue weighted by Crippen LogP contribution is -1.98. The molecule has 1 N–H and O–H groups in total. The van der Waals surface area contributed by atoms with E-state index in [0.717, 1.165) is 14.5 Å². The number of carboxylic acid groups (broad SMARTS) is 1. The molecular weight excluding hydrogens is 352 g/mol. The molecule has 1 aromatic carbocycles. The van der Waals surface area contributed by atoms with Crippen molar-refractivity contribution in [2.24, 2.45) is 0 Å². The van der Waals surface area contributed by atoms with E-state index in [9.17, 15) is 4.79 Å². The van der Waals surface area contributed by atoms with Gasteiger partial charge in [0, 0.05) is 15.6 Å². The molecule has 0 amide bonds. The predicted octanol–water partition coefficient (Wildman–Crippen LogP) is 4.10. The number of hydrogen-bond acceptors (Lipinski definition) is 2. The molecular formula is C12H12Br2O3. The van der Waals surface area contributed by atoms with Crippen LogP contribution in [0.15, 0.2) is 26.7 Å². The zero-order chi connectivity index (χ0) is 13.0. The molecule has 0 spiro atoms. The lowest BCUT2D eigenvalue weighted by molar-refractivity contribution is -0.132. The van der Waals surface area contributed by atoms with Crippen molar-refractivity contribution in [3.63, 3.8) is 0 Å². The van der Waals surface area contributed by atoms with E-state index >= 15 is 0 Å². The molecule has 1 aromatic rings. The Kier molecular flexibility index (Phi) is 5.21. The fraction of sp³-hybridized carbons (Fsp3) is 0.250. The average Bonchev–Trinajstić information content (AvgIpc) is 2.22. The summed E-state index contributed by atoms with van der Waals surface area (Å²) in [6.07, 6.45) is 1.59. The van der Waals surface area contributed by atoms with Gasteiger partial charge in [-0.2, -0.15) is 0 Å². The van der Waals surface area contributed by atoms with E-state index in [1.54, 1.807) is 13.0 Å². The highest BCUT2D eigenvalue weighted by Gasteiger charge is 2.10. The second-order valence-corrected chi connectivity index (χ2v) is 5.14. The van der Waals surface area contributed by atoms with Crippen molar-refractivity contribution in [3.05, 3.63) is 32.2 Å². The molecule has 5 heteroatoms. The fourth-order valence-electron chi connectivity index (χ4n) is 1.28. The van der Waals surface area contributed by atoms with Gasteiger partial charge >= 0.3 is 5.97 Å². The van der Waals surface area contributed by atoms with Gasteiger partial charge in [0.1, 0.15) is 5.75 Å². The van der Waals surface area contributed by atoms with Crippen molar-refractivity contribution in [2.75, 3.05) is 6.61 Å². The van der Waals surface area contributed by atoms with Crippen LogP contribution in [0.2, 0.25) is 0 Å². The van der Waals surface area contributed by atoms with Crippen molar-refractivity contribution in [1.29, 1.82) is 0 Å². The normalized spacial score (nSPS) is 11.4. The molecule has 0 atom stereocenters. The molecule has 92 valence electrons. The van der Waals surface area contributed by atoms with E-state index in [0.29, 0.717) is 12.4 Å². The van der Waals surface area contributed by atoms with Gasteiger partial charge in [0.25, 0.3) is 0 Å². The van der Waals surface area contributed by atoms with Crippen LogP contribution >= 0.6 is 31.9 Å². The number of halogens is 2. The first kappa shape index (κ1) is 14.3. The minimum absolute atomic E-state index is 0.260. The molecule has 0 saturated heterocycles. The Morgan fingerprint density at radius 3 is 2.65 bits per heavy atom. The molecule has 0 aliphatic rings. The summed E-state index contributed by atoms with van der Waals surface area (Å²) >= 11 is 6.76. The van der Waals surface area contributed by atoms with Crippen molar-refractivity contribution >= 4 is 43.9 Å². The molecule has 0 saturated carbocycles. The number of carbonyl (C=O) groups is 1. The molecule has 0 bridgehead atoms. The Labute approximate surface area is 117 Å². The van der Waals surface area contributed by atoms with Crippen LogP contribution in [-0.2, 0) is 4.79 Å². The summed E-state index contributed by atoms with van der Waals surface area (Å²) in [5.41, 5.74) is 0.990. The molecule has 17 heavy (non-hydrogen) atoms. The van der Waals surface area contributed by atoms with Gasteiger partial charge in [-0.3, -0.25) is 0 Å². The molecule has 0 fully saturated rings. The molecule has 0 aliphatic heterocycles. The highest BCUT2D eigenvalue weighted by atomic mass is 79.9. The molecule has 0 aromatic heterocycles. The van der Waals surface area contributed by atoms with E-state index in [2.05, 4.69) is 31.9 Å². The van der Waals surface area contributed by atoms with Gasteiger partial charge < -0.3 is 9.84 Å². The Bertz CT molecular complexity index is 467. The first-order valence-corrected chi connectivity index (χ1v) is 6.57. The van der Waals surface area contributed by atoms with Crippen LogP contribution in [-0.4, -0.2) is 17.7 Å². The van der Waals surface area contributed by atoms with E-state index < -0.39 is 5.97 Å². The third-order valence-electron chi connectivity index (χ3n) is 2.04. The van der Waals surface area contributed by atoms with E-state index in [-0.39, 0.29) is 5.57 Å². The zero-order valence-electron chi connectivity index (χ0n) is 9.46. The number of ether oxygens (including phenoxy) is 1. The maximum Gasteiger partial charge on any atom is 0.331 e. The highest BCUT2D eigenvalue weighted by Crippen LogP contribution is 2.34. The Morgan fingerprint density at radius 2 is 2.12 bits per heavy atom. The van der Waals surface area contributed by atoms with Crippen LogP contribution in [0.1, 0.15) is 19.4 Å². The summed E-state index contributed by atoms with van der Waals surface area (Å²) in [5.74, 6) is -0.292. The number of aliphatic carboxylic acids is 1. The van der Waals surface area contributed by atoms with Crippen molar-refractivity contribution in [2.45, 2.75) is 13.8 Å². The van der Waals surface area contributed by atoms with Crippen LogP contribution in [0.25, 0.3) is 6.08 Å². The number of carboxylic acids is 1. The second kappa shape index (κ2) is 6.21. The first-order valence-electron chi connectivity index (χ1n) is 4.99. The largest absolute Gasteiger partial charge is 0.492 e. The van der Waals surface area contributed by atoms with E-state index in [4.69, 9.17) is 9.84 Å². The van der Waals surface area contributed by atoms with Crippen molar-refractivity contribution in [1.82, 2.24) is 0 Å². The zero-order valence-corrected chi connectivity index (χ0v) is 12.6. The summed E-state index contributed by atoms with van der Waals surface area (Å²) in [7, 11) is 0. The fourth-order valence-corrected chi connectivity index (χ4v) is 2.65. The summed E-state index contributed by atoms with van der Waals surface area (Å²) in [6.45, 7) is 3.95. The Morgan fingerprint density at radius 1 is 1.47 bits per heavy atom. The molecule has 3 nitrogen and oxygen atoms in total. The van der Waals surface area contributed by atoms with Crippen LogP contribution in [0.5, 0.6) is 5.75 Å². The van der Waals surface area contributed by atoms with E-state index in [1.165, 1.54) is 0 Å². The molecule has 0 unspecified atom stereocenters. The smallest absolute Gasteiger partial charge is 0.331 e. The van der Waals surface area contributed by atoms with Gasteiger partial charge in [-0.25, -0.2) is 4.79 Å². The van der Waals surface area contributed by atoms with Gasteiger partial charge in [0.15, 0.2) is 0 Å². The van der Waals surface area contributed by atoms with Crippen molar-refractivity contribution < 1.29 is 14.6 Å². The first-order chi connectivity index (χ1) is 7.95. The van der Waals surface area contributed by atoms with Crippen LogP contribution < -0.4 is 4.74 Å². The predicted molar refractivity (Wildman–Crippen MR) is 74.3 cm³/mol. The lowest BCUT2D eigenvalue weighted by atomic mass is 10.1. The quantitative estimate of drug-likeness (QED) is 0.819. The van der Waals surface area contributed by atoms with Gasteiger partial charge in [0.05, 0.1) is 11.1 Å². The van der Waals surface area contributed by atoms with Crippen molar-refractivity contribution in [3.8, 4) is 5.75 Å². The van der Waals surface area contributed by atoms with Crippen LogP contribution in [0.3, 0.4) is 0 Å². The van der Waals surface area contributed by atoms with Gasteiger partial charge in [-0.15, -0.1) is 0 Å². The minimum atomic E-state index is -0.941. The summed E-state index contributed by atoms with van der Waals surface area (Å²) in [4.78, 5) is 10.8. The van der Waals surface area contributed by atoms with Gasteiger partial charge in [0.2, 0.25) is 0 Å². The minimum Gasteiger partial charge on any atom is -0.492 e. The van der Waals surface area contributed by atoms with Crippen LogP contribution in [0.4, 0.5) is 0 Å². The third-order valence-corrected chi connectivity index (χ3v) is 3.08. The standard InChI is InChI=1S/C12H12Br2O3/c1-3-17-11-8(4-7(2)12(15)16)5-9(13)6-10(11)14/h4-6H,3H2,1-2H3,(H,15,16)/b7-4+. The van der Waals surface area contributed by atoms with Gasteiger partial charge in [-0.1, -0.05) is 15.9 Å². The SMILES string of the molecule is CCOc1c(Br)cc(Br)cc1/C=C(\C)C(=O)O. The monoisotopic (exact) mass is 362 g/mol. The maximum absolute atomic E-state index is 10.8. The Balaban J connectivity index is 3.30. The molecule has 1 rings (SSSR count). The van der Waals surface area contributed by atoms with Gasteiger partial charge in [-0.05, 0) is 48.0 Å². The molecule has 0 aliphatic carbocycles. The van der Waals surface area contributed by atoms with Crippen LogP contribution in [0, 0.1) is 0 Å². The summed E-state index contributed by atoms with van der Waals surface area (Å²) in [6, 6.07) is 3.68. The Hall–Kier alpha value is -0.810. The summed E-state index contributed by atoms with van der Waals surface area (Å²) < 4.78 is 7.15. The molecule has 0 heterocycles. The maximum atomic E-state index is 10.8. The average molecular weight is 364 g/mol. The highest BCUT2D eigenvalue weighted by molar-refractivity contribution is 9.11. The third kappa shape index (κ3) is 3.85. The number of benzene rings is 1. The molecule has 0 radical (unpaired) electrons.